The van der Waals surface area contributed by atoms with Crippen LogP contribution in [-0.4, -0.2) is 85.4 Å². The van der Waals surface area contributed by atoms with Gasteiger partial charge in [0.25, 0.3) is 11.5 Å². The number of aromatic nitrogens is 5. The Morgan fingerprint density at radius 3 is 2.49 bits per heavy atom. The maximum absolute atomic E-state index is 14.1. The molecule has 4 aromatic rings. The van der Waals surface area contributed by atoms with E-state index in [9.17, 15) is 32.7 Å². The monoisotopic (exact) mass is 650 g/mol. The molecule has 13 nitrogen and oxygen atoms in total. The molecule has 0 bridgehead atoms. The van der Waals surface area contributed by atoms with Gasteiger partial charge in [-0.2, -0.15) is 22.7 Å². The number of alkyl halides is 3. The Hall–Kier alpha value is -5.25. The van der Waals surface area contributed by atoms with Crippen LogP contribution in [0.15, 0.2) is 53.5 Å². The van der Waals surface area contributed by atoms with E-state index >= 15 is 0 Å². The number of amides is 2. The van der Waals surface area contributed by atoms with Crippen LogP contribution in [0.2, 0.25) is 0 Å². The Balaban J connectivity index is 1.23. The molecule has 0 aliphatic carbocycles. The lowest BCUT2D eigenvalue weighted by atomic mass is 10.1. The van der Waals surface area contributed by atoms with Crippen LogP contribution >= 0.6 is 0 Å². The molecule has 3 aliphatic rings. The zero-order chi connectivity index (χ0) is 32.9. The first kappa shape index (κ1) is 30.4. The number of carbonyl (C=O) groups excluding carboxylic acids is 2. The number of rotatable bonds is 5. The molecule has 1 fully saturated rings. The summed E-state index contributed by atoms with van der Waals surface area (Å²) in [6, 6.07) is 6.28. The number of hydrogen-bond donors (Lipinski definition) is 2. The number of halogens is 3. The van der Waals surface area contributed by atoms with Gasteiger partial charge in [-0.25, -0.2) is 4.98 Å². The van der Waals surface area contributed by atoms with Gasteiger partial charge in [0.05, 0.1) is 24.5 Å². The van der Waals surface area contributed by atoms with Crippen molar-refractivity contribution in [1.29, 1.82) is 0 Å². The van der Waals surface area contributed by atoms with E-state index in [-0.39, 0.29) is 36.0 Å². The minimum atomic E-state index is -4.51. The Labute approximate surface area is 264 Å². The van der Waals surface area contributed by atoms with Gasteiger partial charge in [0.2, 0.25) is 11.7 Å². The van der Waals surface area contributed by atoms with Gasteiger partial charge in [-0.3, -0.25) is 19.0 Å². The van der Waals surface area contributed by atoms with E-state index in [4.69, 9.17) is 9.72 Å². The maximum atomic E-state index is 14.1. The van der Waals surface area contributed by atoms with Crippen molar-refractivity contribution in [3.63, 3.8) is 0 Å². The van der Waals surface area contributed by atoms with Crippen molar-refractivity contribution in [2.24, 2.45) is 0 Å². The third-order valence-corrected chi connectivity index (χ3v) is 8.64. The second-order valence-corrected chi connectivity index (χ2v) is 11.4. The molecule has 1 unspecified atom stereocenters. The summed E-state index contributed by atoms with van der Waals surface area (Å²) < 4.78 is 47.5. The zero-order valence-corrected chi connectivity index (χ0v) is 24.9. The number of piperazine rings is 1. The van der Waals surface area contributed by atoms with Gasteiger partial charge in [-0.1, -0.05) is 6.08 Å². The summed E-state index contributed by atoms with van der Waals surface area (Å²) in [6.07, 6.45) is -0.0232. The Kier molecular flexibility index (Phi) is 7.66. The molecule has 244 valence electrons. The molecule has 0 saturated carbocycles. The largest absolute Gasteiger partial charge is 0.505 e. The number of ether oxygens (including phenoxy) is 1. The van der Waals surface area contributed by atoms with Crippen molar-refractivity contribution >= 4 is 34.5 Å². The Bertz CT molecular complexity index is 1960. The van der Waals surface area contributed by atoms with Crippen LogP contribution in [0.4, 0.5) is 24.5 Å². The lowest BCUT2D eigenvalue weighted by Crippen LogP contribution is -2.50. The van der Waals surface area contributed by atoms with Crippen molar-refractivity contribution in [2.45, 2.75) is 31.5 Å². The third kappa shape index (κ3) is 5.58. The number of carbonyl (C=O) groups is 2. The predicted molar refractivity (Wildman–Crippen MR) is 162 cm³/mol. The lowest BCUT2D eigenvalue weighted by molar-refractivity contribution is -0.137. The van der Waals surface area contributed by atoms with Crippen LogP contribution in [0.25, 0.3) is 11.4 Å². The minimum Gasteiger partial charge on any atom is -0.505 e. The van der Waals surface area contributed by atoms with Crippen LogP contribution in [0.5, 0.6) is 5.75 Å². The summed E-state index contributed by atoms with van der Waals surface area (Å²) in [5, 5.41) is 17.4. The molecule has 0 spiro atoms. The van der Waals surface area contributed by atoms with E-state index in [1.165, 1.54) is 35.0 Å². The van der Waals surface area contributed by atoms with E-state index in [1.807, 2.05) is 11.0 Å². The molecule has 2 N–H and O–H groups in total. The van der Waals surface area contributed by atoms with Crippen molar-refractivity contribution in [1.82, 2.24) is 29.0 Å². The summed E-state index contributed by atoms with van der Waals surface area (Å²) in [5.41, 5.74) is 0.630. The molecule has 47 heavy (non-hydrogen) atoms. The highest BCUT2D eigenvalue weighted by Crippen LogP contribution is 2.35. The fraction of sp³-hybridized carbons (Fsp3) is 0.355. The summed E-state index contributed by atoms with van der Waals surface area (Å²) in [6.45, 7) is 1.93. The summed E-state index contributed by atoms with van der Waals surface area (Å²) in [7, 11) is 0. The van der Waals surface area contributed by atoms with Crippen molar-refractivity contribution in [3.8, 4) is 5.75 Å². The smallest absolute Gasteiger partial charge is 0.416 e. The molecule has 6 heterocycles. The van der Waals surface area contributed by atoms with E-state index in [0.717, 1.165) is 17.7 Å². The second kappa shape index (κ2) is 11.8. The Morgan fingerprint density at radius 1 is 1.04 bits per heavy atom. The number of nitrogens with one attached hydrogen (secondary N) is 1. The lowest BCUT2D eigenvalue weighted by Gasteiger charge is -2.36. The van der Waals surface area contributed by atoms with Crippen molar-refractivity contribution < 1.29 is 32.6 Å². The SMILES string of the molecule is O=C(Nc1ccc(C(F)(F)F)cc1)C1CCc2c(N3CCN(C(=O)c4ncccc4O)CC3)c(=O)n3nc(C4=CCOCC4)nc3n21. The first-order chi connectivity index (χ1) is 22.6. The standard InChI is InChI=1S/C31H29F3N8O5/c32-31(33,34)19-3-5-20(6-4-19)36-27(44)22-8-7-21-25(39-12-14-40(15-13-39)28(45)24-23(43)2-1-11-35-24)29(46)42-30(41(21)22)37-26(38-42)18-9-16-47-17-10-18/h1-6,9,11,22,43H,7-8,10,12-17H2,(H,36,44). The highest BCUT2D eigenvalue weighted by atomic mass is 19.4. The average molecular weight is 651 g/mol. The van der Waals surface area contributed by atoms with Crippen molar-refractivity contribution in [2.75, 3.05) is 49.6 Å². The highest BCUT2D eigenvalue weighted by Gasteiger charge is 2.37. The topological polar surface area (TPSA) is 147 Å². The van der Waals surface area contributed by atoms with E-state index < -0.39 is 35.2 Å². The third-order valence-electron chi connectivity index (χ3n) is 8.64. The van der Waals surface area contributed by atoms with E-state index in [1.54, 1.807) is 9.47 Å². The average Bonchev–Trinajstić information content (AvgIpc) is 3.71. The molecule has 0 radical (unpaired) electrons. The molecule has 1 saturated heterocycles. The highest BCUT2D eigenvalue weighted by molar-refractivity contribution is 5.95. The van der Waals surface area contributed by atoms with Gasteiger partial charge in [-0.05, 0) is 61.2 Å². The summed E-state index contributed by atoms with van der Waals surface area (Å²) >= 11 is 0. The van der Waals surface area contributed by atoms with Crippen molar-refractivity contribution in [3.05, 3.63) is 81.8 Å². The minimum absolute atomic E-state index is 0.0530. The van der Waals surface area contributed by atoms with E-state index in [0.29, 0.717) is 62.8 Å². The molecule has 7 rings (SSSR count). The van der Waals surface area contributed by atoms with Crippen LogP contribution in [0.3, 0.4) is 0 Å². The number of benzene rings is 1. The van der Waals surface area contributed by atoms with Gasteiger partial charge in [0.15, 0.2) is 11.5 Å². The van der Waals surface area contributed by atoms with Crippen LogP contribution < -0.4 is 15.8 Å². The summed E-state index contributed by atoms with van der Waals surface area (Å²) in [5.74, 6) is -0.591. The molecular formula is C31H29F3N8O5. The predicted octanol–water partition coefficient (Wildman–Crippen LogP) is 2.90. The fourth-order valence-electron chi connectivity index (χ4n) is 6.27. The van der Waals surface area contributed by atoms with Crippen LogP contribution in [0, 0.1) is 0 Å². The molecule has 1 atom stereocenters. The number of nitrogens with zero attached hydrogens (tertiary/aromatic N) is 7. The van der Waals surface area contributed by atoms with Gasteiger partial charge in [0, 0.05) is 38.1 Å². The quantitative estimate of drug-likeness (QED) is 0.333. The molecule has 2 amide bonds. The van der Waals surface area contributed by atoms with E-state index in [2.05, 4.69) is 15.4 Å². The second-order valence-electron chi connectivity index (χ2n) is 11.4. The number of fused-ring (bicyclic) bond motifs is 3. The van der Waals surface area contributed by atoms with Gasteiger partial charge in [0.1, 0.15) is 17.5 Å². The summed E-state index contributed by atoms with van der Waals surface area (Å²) in [4.78, 5) is 52.9. The molecular weight excluding hydrogens is 621 g/mol. The van der Waals surface area contributed by atoms with Gasteiger partial charge in [-0.15, -0.1) is 5.10 Å². The zero-order valence-electron chi connectivity index (χ0n) is 24.9. The number of hydrogen-bond acceptors (Lipinski definition) is 9. The number of pyridine rings is 1. The maximum Gasteiger partial charge on any atom is 0.416 e. The normalized spacial score (nSPS) is 18.3. The van der Waals surface area contributed by atoms with Gasteiger partial charge < -0.3 is 25.0 Å². The first-order valence-corrected chi connectivity index (χ1v) is 15.1. The first-order valence-electron chi connectivity index (χ1n) is 15.1. The molecule has 1 aromatic carbocycles. The van der Waals surface area contributed by atoms with Gasteiger partial charge >= 0.3 is 6.18 Å². The molecule has 3 aliphatic heterocycles. The van der Waals surface area contributed by atoms with Crippen LogP contribution in [0.1, 0.15) is 46.5 Å². The fourth-order valence-corrected chi connectivity index (χ4v) is 6.27. The number of anilines is 2. The molecule has 16 heteroatoms. The molecule has 3 aromatic heterocycles. The number of aromatic hydroxyl groups is 1. The van der Waals surface area contributed by atoms with Crippen LogP contribution in [-0.2, 0) is 22.1 Å². The Morgan fingerprint density at radius 2 is 1.81 bits per heavy atom.